The summed E-state index contributed by atoms with van der Waals surface area (Å²) in [5, 5.41) is 21.7. The highest BCUT2D eigenvalue weighted by Gasteiger charge is 2.12. The van der Waals surface area contributed by atoms with E-state index in [9.17, 15) is 9.59 Å². The number of amides is 4. The first-order valence-corrected chi connectivity index (χ1v) is 21.9. The number of urea groups is 2. The van der Waals surface area contributed by atoms with Crippen LogP contribution in [0.2, 0.25) is 5.02 Å². The molecule has 0 aliphatic carbocycles. The predicted octanol–water partition coefficient (Wildman–Crippen LogP) is 7.24. The van der Waals surface area contributed by atoms with Crippen molar-refractivity contribution in [2.45, 2.75) is 19.8 Å². The van der Waals surface area contributed by atoms with Crippen molar-refractivity contribution >= 4 is 58.4 Å². The van der Waals surface area contributed by atoms with Gasteiger partial charge in [-0.1, -0.05) is 58.6 Å². The Kier molecular flexibility index (Phi) is 17.2. The number of nitrogens with one attached hydrogen (secondary N) is 6. The highest BCUT2D eigenvalue weighted by molar-refractivity contribution is 6.30. The molecule has 0 atom stereocenters. The number of nitrogens with zero attached hydrogens (tertiary/aromatic N) is 7. The molecule has 17 nitrogen and oxygen atoms in total. The minimum atomic E-state index is -0.418. The molecule has 66 heavy (non-hydrogen) atoms. The Hall–Kier alpha value is -7.54. The molecule has 6 N–H and O–H groups in total. The van der Waals surface area contributed by atoms with Crippen molar-refractivity contribution in [3.05, 3.63) is 137 Å². The summed E-state index contributed by atoms with van der Waals surface area (Å²) in [6.07, 6.45) is 9.37. The number of benzene rings is 3. The highest BCUT2D eigenvalue weighted by atomic mass is 35.5. The van der Waals surface area contributed by atoms with E-state index in [1.807, 2.05) is 24.3 Å². The SMILES string of the molecule is Cc1cc(NC(=O)Nc2cccc(C#Cc3cnc(NCCN4CCOCC4)nc3)c2)no1.O=C(Nc1cccc(Cl)c1)Nc1cccc(C#Cc2cnc(NCCN3CCCC3)nc2)c1. The van der Waals surface area contributed by atoms with Crippen molar-refractivity contribution in [3.8, 4) is 23.7 Å². The van der Waals surface area contributed by atoms with Crippen LogP contribution in [0.4, 0.5) is 44.4 Å². The molecule has 2 aliphatic rings. The number of hydrogen-bond acceptors (Lipinski definition) is 13. The molecule has 2 saturated heterocycles. The standard InChI is InChI=1S/C25H25ClN6O.C23H25N7O3/c26-21-6-4-8-23(16-21)31-25(33)30-22-7-3-5-19(15-22)9-10-20-17-28-24(29-18-20)27-11-14-32-12-1-2-13-32;1-17-13-21(29-33-17)28-23(31)27-20-4-2-3-18(14-20)5-6-19-15-25-22(26-16-19)24-7-8-30-9-11-32-12-10-30/h3-8,15-18H,1-2,11-14H2,(H,27,28,29)(H2,30,31,33);2-4,13-16H,7-12H2,1H3,(H,24,25,26)(H2,27,28,29,31). The fourth-order valence-corrected chi connectivity index (χ4v) is 6.84. The number of anilines is 6. The zero-order valence-electron chi connectivity index (χ0n) is 36.4. The van der Waals surface area contributed by atoms with Gasteiger partial charge in [0, 0.05) is 103 Å². The molecule has 0 spiro atoms. The number of aromatic nitrogens is 5. The van der Waals surface area contributed by atoms with Gasteiger partial charge in [0.15, 0.2) is 5.82 Å². The molecule has 5 heterocycles. The monoisotopic (exact) mass is 907 g/mol. The van der Waals surface area contributed by atoms with Crippen LogP contribution < -0.4 is 31.9 Å². The third-order valence-corrected chi connectivity index (χ3v) is 10.2. The predicted molar refractivity (Wildman–Crippen MR) is 257 cm³/mol. The summed E-state index contributed by atoms with van der Waals surface area (Å²) in [6.45, 7) is 11.1. The Labute approximate surface area is 388 Å². The molecule has 18 heteroatoms. The van der Waals surface area contributed by atoms with E-state index in [0.29, 0.717) is 51.1 Å². The Balaban J connectivity index is 0.000000196. The molecule has 3 aromatic carbocycles. The molecule has 2 fully saturated rings. The van der Waals surface area contributed by atoms with Crippen LogP contribution in [0.5, 0.6) is 0 Å². The first kappa shape index (κ1) is 46.5. The van der Waals surface area contributed by atoms with Crippen LogP contribution in [0, 0.1) is 30.6 Å². The van der Waals surface area contributed by atoms with Crippen molar-refractivity contribution in [1.82, 2.24) is 34.9 Å². The summed E-state index contributed by atoms with van der Waals surface area (Å²) in [6, 6.07) is 22.4. The number of rotatable bonds is 12. The summed E-state index contributed by atoms with van der Waals surface area (Å²) in [7, 11) is 0. The molecule has 0 radical (unpaired) electrons. The molecule has 3 aromatic heterocycles. The summed E-state index contributed by atoms with van der Waals surface area (Å²) < 4.78 is 10.3. The Bertz CT molecular complexity index is 2650. The van der Waals surface area contributed by atoms with Gasteiger partial charge in [0.25, 0.3) is 0 Å². The number of morpholine rings is 1. The van der Waals surface area contributed by atoms with E-state index in [2.05, 4.69) is 90.5 Å². The van der Waals surface area contributed by atoms with Gasteiger partial charge in [0.1, 0.15) is 5.76 Å². The largest absolute Gasteiger partial charge is 0.379 e. The Morgan fingerprint density at radius 1 is 0.606 bits per heavy atom. The summed E-state index contributed by atoms with van der Waals surface area (Å²) in [5.74, 6) is 14.4. The van der Waals surface area contributed by atoms with Crippen molar-refractivity contribution < 1.29 is 18.8 Å². The summed E-state index contributed by atoms with van der Waals surface area (Å²) in [5.41, 5.74) is 4.79. The molecule has 2 aliphatic heterocycles. The van der Waals surface area contributed by atoms with Gasteiger partial charge >= 0.3 is 12.1 Å². The topological polar surface area (TPSA) is 200 Å². The van der Waals surface area contributed by atoms with Crippen molar-refractivity contribution in [2.24, 2.45) is 0 Å². The van der Waals surface area contributed by atoms with Crippen LogP contribution in [-0.4, -0.2) is 113 Å². The number of hydrogen-bond donors (Lipinski definition) is 6. The number of carbonyl (C=O) groups excluding carboxylic acids is 2. The third kappa shape index (κ3) is 15.9. The van der Waals surface area contributed by atoms with Crippen molar-refractivity contribution in [3.63, 3.8) is 0 Å². The smallest absolute Gasteiger partial charge is 0.324 e. The van der Waals surface area contributed by atoms with Gasteiger partial charge in [-0.2, -0.15) is 0 Å². The van der Waals surface area contributed by atoms with Gasteiger partial charge in [0.2, 0.25) is 11.9 Å². The minimum Gasteiger partial charge on any atom is -0.379 e. The fraction of sp³-hybridized carbons (Fsp3) is 0.271. The van der Waals surface area contributed by atoms with E-state index in [4.69, 9.17) is 20.9 Å². The van der Waals surface area contributed by atoms with Gasteiger partial charge in [-0.25, -0.2) is 29.5 Å². The molecular weight excluding hydrogens is 858 g/mol. The normalized spacial score (nSPS) is 13.4. The van der Waals surface area contributed by atoms with Crippen LogP contribution in [0.25, 0.3) is 0 Å². The molecule has 6 aromatic rings. The highest BCUT2D eigenvalue weighted by Crippen LogP contribution is 2.17. The van der Waals surface area contributed by atoms with Gasteiger partial charge in [-0.3, -0.25) is 10.2 Å². The van der Waals surface area contributed by atoms with Crippen molar-refractivity contribution in [1.29, 1.82) is 0 Å². The lowest BCUT2D eigenvalue weighted by Crippen LogP contribution is -2.39. The number of ether oxygens (including phenoxy) is 1. The second-order valence-electron chi connectivity index (χ2n) is 15.1. The van der Waals surface area contributed by atoms with E-state index in [0.717, 1.165) is 69.2 Å². The van der Waals surface area contributed by atoms with E-state index < -0.39 is 6.03 Å². The molecule has 338 valence electrons. The van der Waals surface area contributed by atoms with Crippen LogP contribution in [0.1, 0.15) is 40.9 Å². The summed E-state index contributed by atoms with van der Waals surface area (Å²) in [4.78, 5) is 46.5. The average molecular weight is 908 g/mol. The lowest BCUT2D eigenvalue weighted by Gasteiger charge is -2.26. The zero-order valence-corrected chi connectivity index (χ0v) is 37.2. The molecule has 4 amide bonds. The number of carbonyl (C=O) groups is 2. The van der Waals surface area contributed by atoms with Crippen LogP contribution in [-0.2, 0) is 4.74 Å². The average Bonchev–Trinajstić information content (AvgIpc) is 4.00. The second-order valence-corrected chi connectivity index (χ2v) is 15.5. The van der Waals surface area contributed by atoms with Crippen LogP contribution in [0.15, 0.2) is 108 Å². The first-order chi connectivity index (χ1) is 32.3. The lowest BCUT2D eigenvalue weighted by atomic mass is 10.2. The van der Waals surface area contributed by atoms with Crippen molar-refractivity contribution in [2.75, 3.05) is 97.5 Å². The molecule has 0 saturated carbocycles. The maximum Gasteiger partial charge on any atom is 0.324 e. The van der Waals surface area contributed by atoms with Crippen LogP contribution >= 0.6 is 11.6 Å². The first-order valence-electron chi connectivity index (χ1n) is 21.5. The van der Waals surface area contributed by atoms with E-state index >= 15 is 0 Å². The van der Waals surface area contributed by atoms with E-state index in [1.165, 1.54) is 25.9 Å². The molecule has 0 unspecified atom stereocenters. The number of aryl methyl sites for hydroxylation is 1. The quantitative estimate of drug-likeness (QED) is 0.0673. The summed E-state index contributed by atoms with van der Waals surface area (Å²) >= 11 is 5.95. The van der Waals surface area contributed by atoms with E-state index in [1.54, 1.807) is 86.3 Å². The second kappa shape index (κ2) is 24.5. The maximum atomic E-state index is 12.2. The molecule has 8 rings (SSSR count). The van der Waals surface area contributed by atoms with E-state index in [-0.39, 0.29) is 6.03 Å². The fourth-order valence-electron chi connectivity index (χ4n) is 6.65. The van der Waals surface area contributed by atoms with Gasteiger partial charge in [-0.05, 0) is 87.5 Å². The molecular formula is C48H50ClN13O4. The van der Waals surface area contributed by atoms with Gasteiger partial charge < -0.3 is 40.7 Å². The minimum absolute atomic E-state index is 0.347. The Morgan fingerprint density at radius 3 is 1.58 bits per heavy atom. The van der Waals surface area contributed by atoms with Gasteiger partial charge in [-0.15, -0.1) is 0 Å². The Morgan fingerprint density at radius 2 is 1.08 bits per heavy atom. The lowest BCUT2D eigenvalue weighted by molar-refractivity contribution is 0.0398. The number of likely N-dealkylation sites (tertiary alicyclic amines) is 1. The third-order valence-electron chi connectivity index (χ3n) is 9.92. The van der Waals surface area contributed by atoms with Gasteiger partial charge in [0.05, 0.1) is 24.3 Å². The maximum absolute atomic E-state index is 12.2. The number of halogens is 1. The zero-order chi connectivity index (χ0) is 45.8. The van der Waals surface area contributed by atoms with Crippen LogP contribution in [0.3, 0.4) is 0 Å². The molecule has 0 bridgehead atoms.